The van der Waals surface area contributed by atoms with Crippen molar-refractivity contribution in [2.75, 3.05) is 13.1 Å². The van der Waals surface area contributed by atoms with Crippen LogP contribution >= 0.6 is 0 Å². The van der Waals surface area contributed by atoms with Crippen LogP contribution in [0.15, 0.2) is 23.8 Å². The predicted molar refractivity (Wildman–Crippen MR) is 75.9 cm³/mol. The Labute approximate surface area is 111 Å². The Morgan fingerprint density at radius 1 is 1.44 bits per heavy atom. The third-order valence-electron chi connectivity index (χ3n) is 3.54. The summed E-state index contributed by atoms with van der Waals surface area (Å²) in [5.74, 6) is 3.53. The van der Waals surface area contributed by atoms with E-state index in [0.29, 0.717) is 5.92 Å². The number of carbonyl (C=O) groups excluding carboxylic acids is 1. The number of rotatable bonds is 3. The van der Waals surface area contributed by atoms with Crippen molar-refractivity contribution in [3.63, 3.8) is 0 Å². The lowest BCUT2D eigenvalue weighted by Crippen LogP contribution is -2.29. The molecule has 1 aliphatic rings. The van der Waals surface area contributed by atoms with E-state index in [1.54, 1.807) is 6.92 Å². The highest BCUT2D eigenvalue weighted by molar-refractivity contribution is 5.73. The zero-order chi connectivity index (χ0) is 13.4. The minimum atomic E-state index is 0.203. The lowest BCUT2D eigenvalue weighted by Gasteiger charge is -2.18. The first-order valence-electron chi connectivity index (χ1n) is 6.72. The van der Waals surface area contributed by atoms with Gasteiger partial charge in [0.1, 0.15) is 0 Å². The molecule has 0 radical (unpaired) electrons. The zero-order valence-corrected chi connectivity index (χ0v) is 11.5. The van der Waals surface area contributed by atoms with E-state index in [2.05, 4.69) is 12.0 Å². The third-order valence-corrected chi connectivity index (χ3v) is 3.54. The number of terminal acetylenes is 1. The second-order valence-electron chi connectivity index (χ2n) is 4.83. The summed E-state index contributed by atoms with van der Waals surface area (Å²) in [6.07, 6.45) is 16.0. The first kappa shape index (κ1) is 14.6. The first-order valence-corrected chi connectivity index (χ1v) is 6.72. The quantitative estimate of drug-likeness (QED) is 0.552. The van der Waals surface area contributed by atoms with Gasteiger partial charge in [-0.2, -0.15) is 0 Å². The molecule has 0 bridgehead atoms. The van der Waals surface area contributed by atoms with Crippen LogP contribution in [0, 0.1) is 18.3 Å². The lowest BCUT2D eigenvalue weighted by molar-refractivity contribution is -0.128. The molecule has 98 valence electrons. The summed E-state index contributed by atoms with van der Waals surface area (Å²) >= 11 is 0. The summed E-state index contributed by atoms with van der Waals surface area (Å²) in [4.78, 5) is 13.3. The van der Waals surface area contributed by atoms with Crippen LogP contribution in [0.2, 0.25) is 0 Å². The standard InChI is InChI=1S/C16H23NO/c1-4-15(5-2)8-6-9-16-10-7-12-17(13-11-16)14(3)18/h1,5-6,8,16H,7,9-13H2,2-3H3/b8-6-,15-5-. The number of amides is 1. The van der Waals surface area contributed by atoms with Gasteiger partial charge < -0.3 is 4.90 Å². The number of likely N-dealkylation sites (tertiary alicyclic amines) is 1. The molecule has 0 aromatic rings. The van der Waals surface area contributed by atoms with Crippen LogP contribution in [-0.2, 0) is 4.79 Å². The van der Waals surface area contributed by atoms with Gasteiger partial charge in [-0.25, -0.2) is 0 Å². The van der Waals surface area contributed by atoms with Crippen LogP contribution in [0.1, 0.15) is 39.5 Å². The van der Waals surface area contributed by atoms with E-state index in [1.807, 2.05) is 24.0 Å². The molecule has 1 amide bonds. The average Bonchev–Trinajstić information content (AvgIpc) is 2.60. The van der Waals surface area contributed by atoms with Crippen molar-refractivity contribution in [2.24, 2.45) is 5.92 Å². The monoisotopic (exact) mass is 245 g/mol. The van der Waals surface area contributed by atoms with E-state index >= 15 is 0 Å². The van der Waals surface area contributed by atoms with E-state index in [-0.39, 0.29) is 5.91 Å². The molecule has 18 heavy (non-hydrogen) atoms. The molecule has 1 heterocycles. The van der Waals surface area contributed by atoms with Crippen LogP contribution in [-0.4, -0.2) is 23.9 Å². The molecule has 1 aliphatic heterocycles. The zero-order valence-electron chi connectivity index (χ0n) is 11.5. The molecule has 1 atom stereocenters. The summed E-state index contributed by atoms with van der Waals surface area (Å²) in [6, 6.07) is 0. The summed E-state index contributed by atoms with van der Waals surface area (Å²) < 4.78 is 0. The number of hydrogen-bond acceptors (Lipinski definition) is 1. The van der Waals surface area contributed by atoms with Crippen LogP contribution in [0.5, 0.6) is 0 Å². The molecule has 2 heteroatoms. The van der Waals surface area contributed by atoms with Gasteiger partial charge in [0.15, 0.2) is 0 Å². The fourth-order valence-electron chi connectivity index (χ4n) is 2.33. The van der Waals surface area contributed by atoms with Crippen molar-refractivity contribution >= 4 is 5.91 Å². The maximum absolute atomic E-state index is 11.3. The van der Waals surface area contributed by atoms with E-state index in [4.69, 9.17) is 6.42 Å². The van der Waals surface area contributed by atoms with Gasteiger partial charge in [-0.15, -0.1) is 6.42 Å². The lowest BCUT2D eigenvalue weighted by atomic mass is 9.96. The highest BCUT2D eigenvalue weighted by atomic mass is 16.2. The molecular weight excluding hydrogens is 222 g/mol. The van der Waals surface area contributed by atoms with E-state index in [9.17, 15) is 4.79 Å². The molecule has 1 unspecified atom stereocenters. The van der Waals surface area contributed by atoms with Gasteiger partial charge in [-0.05, 0) is 38.5 Å². The van der Waals surface area contributed by atoms with Crippen molar-refractivity contribution in [1.82, 2.24) is 4.90 Å². The van der Waals surface area contributed by atoms with E-state index < -0.39 is 0 Å². The maximum Gasteiger partial charge on any atom is 0.219 e. The molecule has 2 nitrogen and oxygen atoms in total. The van der Waals surface area contributed by atoms with E-state index in [0.717, 1.165) is 37.9 Å². The van der Waals surface area contributed by atoms with Crippen LogP contribution in [0.4, 0.5) is 0 Å². The first-order chi connectivity index (χ1) is 8.67. The van der Waals surface area contributed by atoms with Crippen molar-refractivity contribution < 1.29 is 4.79 Å². The average molecular weight is 245 g/mol. The number of hydrogen-bond donors (Lipinski definition) is 0. The molecule has 0 aromatic heterocycles. The topological polar surface area (TPSA) is 20.3 Å². The van der Waals surface area contributed by atoms with Gasteiger partial charge in [0, 0.05) is 25.6 Å². The summed E-state index contributed by atoms with van der Waals surface area (Å²) in [5, 5.41) is 0. The minimum Gasteiger partial charge on any atom is -0.343 e. The Kier molecular flexibility index (Phi) is 6.28. The molecule has 0 spiro atoms. The van der Waals surface area contributed by atoms with Gasteiger partial charge in [-0.1, -0.05) is 24.1 Å². The normalized spacial score (nSPS) is 21.7. The van der Waals surface area contributed by atoms with Crippen LogP contribution in [0.25, 0.3) is 0 Å². The van der Waals surface area contributed by atoms with Crippen molar-refractivity contribution in [3.05, 3.63) is 23.8 Å². The summed E-state index contributed by atoms with van der Waals surface area (Å²) in [7, 11) is 0. The number of allylic oxidation sites excluding steroid dienone is 4. The van der Waals surface area contributed by atoms with Gasteiger partial charge in [0.05, 0.1) is 0 Å². The van der Waals surface area contributed by atoms with Gasteiger partial charge in [0.2, 0.25) is 5.91 Å². The molecule has 0 aliphatic carbocycles. The molecule has 0 aromatic carbocycles. The SMILES string of the molecule is C#CC(/C=C\CC1CCCN(C(C)=O)CC1)=C/C. The molecule has 0 saturated carbocycles. The van der Waals surface area contributed by atoms with Crippen molar-refractivity contribution in [2.45, 2.75) is 39.5 Å². The Balaban J connectivity index is 2.41. The summed E-state index contributed by atoms with van der Waals surface area (Å²) in [5.41, 5.74) is 0.939. The van der Waals surface area contributed by atoms with Crippen LogP contribution < -0.4 is 0 Å². The Morgan fingerprint density at radius 3 is 2.83 bits per heavy atom. The second-order valence-corrected chi connectivity index (χ2v) is 4.83. The van der Waals surface area contributed by atoms with Gasteiger partial charge in [0.25, 0.3) is 0 Å². The van der Waals surface area contributed by atoms with Crippen LogP contribution in [0.3, 0.4) is 0 Å². The Morgan fingerprint density at radius 2 is 2.22 bits per heavy atom. The maximum atomic E-state index is 11.3. The smallest absolute Gasteiger partial charge is 0.219 e. The second kappa shape index (κ2) is 7.76. The Bertz CT molecular complexity index is 373. The largest absolute Gasteiger partial charge is 0.343 e. The minimum absolute atomic E-state index is 0.203. The van der Waals surface area contributed by atoms with Gasteiger partial charge in [-0.3, -0.25) is 4.79 Å². The van der Waals surface area contributed by atoms with E-state index in [1.165, 1.54) is 6.42 Å². The molecule has 1 fully saturated rings. The Hall–Kier alpha value is -1.49. The number of nitrogens with zero attached hydrogens (tertiary/aromatic N) is 1. The van der Waals surface area contributed by atoms with Crippen molar-refractivity contribution in [1.29, 1.82) is 0 Å². The van der Waals surface area contributed by atoms with Crippen molar-refractivity contribution in [3.8, 4) is 12.3 Å². The molecule has 1 rings (SSSR count). The number of carbonyl (C=O) groups is 1. The molecule has 0 N–H and O–H groups in total. The highest BCUT2D eigenvalue weighted by Gasteiger charge is 2.17. The molecule has 1 saturated heterocycles. The molecular formula is C16H23NO. The predicted octanol–water partition coefficient (Wildman–Crippen LogP) is 3.16. The highest BCUT2D eigenvalue weighted by Crippen LogP contribution is 2.21. The van der Waals surface area contributed by atoms with Gasteiger partial charge >= 0.3 is 0 Å². The fraction of sp³-hybridized carbons (Fsp3) is 0.562. The third kappa shape index (κ3) is 4.79. The summed E-state index contributed by atoms with van der Waals surface area (Å²) in [6.45, 7) is 5.43. The fourth-order valence-corrected chi connectivity index (χ4v) is 2.33.